The third-order valence-corrected chi connectivity index (χ3v) is 8.39. The van der Waals surface area contributed by atoms with Gasteiger partial charge in [-0.3, -0.25) is 4.79 Å². The zero-order valence-electron chi connectivity index (χ0n) is 23.0. The second-order valence-electron chi connectivity index (χ2n) is 11.0. The number of carbonyl (C=O) groups is 2. The summed E-state index contributed by atoms with van der Waals surface area (Å²) in [7, 11) is 0. The van der Waals surface area contributed by atoms with Crippen LogP contribution < -0.4 is 5.32 Å². The van der Waals surface area contributed by atoms with Gasteiger partial charge in [0.1, 0.15) is 11.6 Å². The van der Waals surface area contributed by atoms with Gasteiger partial charge in [0.05, 0.1) is 22.2 Å². The lowest BCUT2D eigenvalue weighted by atomic mass is 9.97. The van der Waals surface area contributed by atoms with Crippen molar-refractivity contribution in [3.05, 3.63) is 143 Å². The van der Waals surface area contributed by atoms with Crippen molar-refractivity contribution >= 4 is 33.6 Å². The van der Waals surface area contributed by atoms with Crippen molar-refractivity contribution in [2.75, 3.05) is 0 Å². The second-order valence-corrected chi connectivity index (χ2v) is 11.0. The minimum Gasteiger partial charge on any atom is -0.478 e. The molecule has 0 saturated heterocycles. The van der Waals surface area contributed by atoms with E-state index in [0.29, 0.717) is 16.6 Å². The van der Waals surface area contributed by atoms with Crippen LogP contribution in [-0.2, 0) is 12.1 Å². The highest BCUT2D eigenvalue weighted by atomic mass is 19.1. The molecular weight excluding hydrogens is 546 g/mol. The Morgan fingerprint density at radius 2 is 1.58 bits per heavy atom. The van der Waals surface area contributed by atoms with Gasteiger partial charge < -0.3 is 15.0 Å². The van der Waals surface area contributed by atoms with E-state index in [-0.39, 0.29) is 29.1 Å². The predicted molar refractivity (Wildman–Crippen MR) is 162 cm³/mol. The van der Waals surface area contributed by atoms with E-state index < -0.39 is 17.6 Å². The maximum Gasteiger partial charge on any atom is 0.335 e. The molecule has 0 radical (unpaired) electrons. The molecule has 0 bridgehead atoms. The van der Waals surface area contributed by atoms with Gasteiger partial charge in [-0.25, -0.2) is 13.6 Å². The van der Waals surface area contributed by atoms with Gasteiger partial charge in [-0.05, 0) is 94.9 Å². The fraction of sp³-hybridized carbons (Fsp3) is 0.111. The summed E-state index contributed by atoms with van der Waals surface area (Å²) >= 11 is 0. The molecular formula is C36H26F2N2O3. The summed E-state index contributed by atoms with van der Waals surface area (Å²) < 4.78 is 31.2. The lowest BCUT2D eigenvalue weighted by Crippen LogP contribution is -2.25. The van der Waals surface area contributed by atoms with E-state index in [2.05, 4.69) is 40.2 Å². The molecule has 6 aromatic rings. The van der Waals surface area contributed by atoms with Crippen LogP contribution in [0, 0.1) is 11.6 Å². The highest BCUT2D eigenvalue weighted by Crippen LogP contribution is 2.52. The molecule has 1 amide bonds. The standard InChI is InChI=1S/C36H26F2N2O3/c37-29-11-12-32(38)30(20-29)27-17-26-13-16-40(36(14-15-36)28-10-9-23-3-1-2-4-25(23)18-28)33(26)31(19-27)34(41)39-21-22-5-7-24(8-6-22)35(42)43/h1-13,16-20H,14-15,21H2,(H,39,41)(H,42,43). The number of hydrogen-bond donors (Lipinski definition) is 2. The molecule has 5 nitrogen and oxygen atoms in total. The smallest absolute Gasteiger partial charge is 0.335 e. The Kier molecular flexibility index (Phi) is 6.31. The summed E-state index contributed by atoms with van der Waals surface area (Å²) in [4.78, 5) is 25.1. The van der Waals surface area contributed by atoms with Crippen molar-refractivity contribution in [1.29, 1.82) is 0 Å². The number of carboxylic acids is 1. The number of rotatable bonds is 7. The number of benzene rings is 5. The van der Waals surface area contributed by atoms with Crippen LogP contribution in [0.1, 0.15) is 44.7 Å². The Hall–Kier alpha value is -5.30. The van der Waals surface area contributed by atoms with Gasteiger partial charge in [-0.2, -0.15) is 0 Å². The SMILES string of the molecule is O=C(O)c1ccc(CNC(=O)c2cc(-c3cc(F)ccc3F)cc3ccn(C4(c5ccc6ccccc6c5)CC4)c23)cc1. The first-order chi connectivity index (χ1) is 20.8. The first kappa shape index (κ1) is 26.6. The molecule has 1 aromatic heterocycles. The fourth-order valence-corrected chi connectivity index (χ4v) is 5.99. The minimum absolute atomic E-state index is 0.0728. The summed E-state index contributed by atoms with van der Waals surface area (Å²) in [5.74, 6) is -2.56. The van der Waals surface area contributed by atoms with Crippen LogP contribution >= 0.6 is 0 Å². The molecule has 212 valence electrons. The quantitative estimate of drug-likeness (QED) is 0.204. The van der Waals surface area contributed by atoms with Gasteiger partial charge in [0.2, 0.25) is 0 Å². The largest absolute Gasteiger partial charge is 0.478 e. The highest BCUT2D eigenvalue weighted by molar-refractivity contribution is 6.08. The average Bonchev–Trinajstić information content (AvgIpc) is 3.72. The first-order valence-corrected chi connectivity index (χ1v) is 14.0. The summed E-state index contributed by atoms with van der Waals surface area (Å²) in [5, 5.41) is 15.2. The van der Waals surface area contributed by atoms with Gasteiger partial charge in [-0.15, -0.1) is 0 Å². The third-order valence-electron chi connectivity index (χ3n) is 8.39. The Labute approximate surface area is 246 Å². The number of aromatic carboxylic acids is 1. The average molecular weight is 573 g/mol. The van der Waals surface area contributed by atoms with E-state index in [1.165, 1.54) is 12.1 Å². The van der Waals surface area contributed by atoms with E-state index in [4.69, 9.17) is 0 Å². The number of carboxylic acid groups (broad SMARTS) is 1. The molecule has 7 heteroatoms. The van der Waals surface area contributed by atoms with Crippen molar-refractivity contribution in [3.8, 4) is 11.1 Å². The van der Waals surface area contributed by atoms with Crippen LogP contribution in [0.2, 0.25) is 0 Å². The monoisotopic (exact) mass is 572 g/mol. The Balaban J connectivity index is 1.33. The van der Waals surface area contributed by atoms with E-state index >= 15 is 0 Å². The second kappa shape index (κ2) is 10.2. The van der Waals surface area contributed by atoms with Crippen molar-refractivity contribution in [1.82, 2.24) is 9.88 Å². The van der Waals surface area contributed by atoms with Crippen molar-refractivity contribution < 1.29 is 23.5 Å². The molecule has 0 aliphatic heterocycles. The van der Waals surface area contributed by atoms with Crippen LogP contribution in [0.5, 0.6) is 0 Å². The summed E-state index contributed by atoms with van der Waals surface area (Å²) in [6, 6.07) is 29.5. The van der Waals surface area contributed by atoms with E-state index in [9.17, 15) is 23.5 Å². The number of carbonyl (C=O) groups excluding carboxylic acids is 1. The van der Waals surface area contributed by atoms with Gasteiger partial charge >= 0.3 is 5.97 Å². The van der Waals surface area contributed by atoms with Gasteiger partial charge in [0.25, 0.3) is 5.91 Å². The Bertz CT molecular complexity index is 2060. The van der Waals surface area contributed by atoms with Crippen molar-refractivity contribution in [2.24, 2.45) is 0 Å². The maximum absolute atomic E-state index is 14.9. The molecule has 1 aliphatic rings. The molecule has 7 rings (SSSR count). The molecule has 5 aromatic carbocycles. The van der Waals surface area contributed by atoms with E-state index in [1.807, 2.05) is 24.4 Å². The van der Waals surface area contributed by atoms with Crippen molar-refractivity contribution in [2.45, 2.75) is 24.9 Å². The zero-order chi connectivity index (χ0) is 29.7. The van der Waals surface area contributed by atoms with Crippen LogP contribution in [0.15, 0.2) is 109 Å². The van der Waals surface area contributed by atoms with Crippen LogP contribution in [0.4, 0.5) is 8.78 Å². The van der Waals surface area contributed by atoms with Crippen LogP contribution in [0.3, 0.4) is 0 Å². The Morgan fingerprint density at radius 1 is 0.814 bits per heavy atom. The summed E-state index contributed by atoms with van der Waals surface area (Å²) in [6.07, 6.45) is 3.76. The van der Waals surface area contributed by atoms with Crippen molar-refractivity contribution in [3.63, 3.8) is 0 Å². The van der Waals surface area contributed by atoms with Crippen LogP contribution in [-0.4, -0.2) is 21.6 Å². The normalized spacial score (nSPS) is 13.7. The molecule has 0 unspecified atom stereocenters. The third kappa shape index (κ3) is 4.73. The highest BCUT2D eigenvalue weighted by Gasteiger charge is 2.47. The maximum atomic E-state index is 14.9. The molecule has 0 spiro atoms. The predicted octanol–water partition coefficient (Wildman–Crippen LogP) is 7.91. The molecule has 1 heterocycles. The number of amides is 1. The van der Waals surface area contributed by atoms with E-state index in [1.54, 1.807) is 24.3 Å². The molecule has 1 fully saturated rings. The number of aromatic nitrogens is 1. The number of nitrogens with one attached hydrogen (secondary N) is 1. The number of fused-ring (bicyclic) bond motifs is 2. The van der Waals surface area contributed by atoms with Gasteiger partial charge in [-0.1, -0.05) is 48.5 Å². The first-order valence-electron chi connectivity index (χ1n) is 14.0. The Morgan fingerprint density at radius 3 is 2.33 bits per heavy atom. The fourth-order valence-electron chi connectivity index (χ4n) is 5.99. The topological polar surface area (TPSA) is 71.3 Å². The van der Waals surface area contributed by atoms with Gasteiger partial charge in [0.15, 0.2) is 0 Å². The molecule has 1 aliphatic carbocycles. The number of hydrogen-bond acceptors (Lipinski definition) is 2. The molecule has 0 atom stereocenters. The minimum atomic E-state index is -1.03. The molecule has 43 heavy (non-hydrogen) atoms. The number of halogens is 2. The summed E-state index contributed by atoms with van der Waals surface area (Å²) in [6.45, 7) is 0.162. The zero-order valence-corrected chi connectivity index (χ0v) is 23.0. The number of nitrogens with zero attached hydrogens (tertiary/aromatic N) is 1. The van der Waals surface area contributed by atoms with Gasteiger partial charge in [0, 0.05) is 23.7 Å². The van der Waals surface area contributed by atoms with Crippen LogP contribution in [0.25, 0.3) is 32.8 Å². The lowest BCUT2D eigenvalue weighted by Gasteiger charge is -2.22. The summed E-state index contributed by atoms with van der Waals surface area (Å²) in [5.41, 5.74) is 3.22. The lowest BCUT2D eigenvalue weighted by molar-refractivity contribution is 0.0696. The molecule has 2 N–H and O–H groups in total. The molecule has 1 saturated carbocycles. The van der Waals surface area contributed by atoms with E-state index in [0.717, 1.165) is 58.3 Å².